The Balaban J connectivity index is 1.24. The smallest absolute Gasteiger partial charge is 0.293 e. The van der Waals surface area contributed by atoms with Gasteiger partial charge in [-0.15, -0.1) is 9.89 Å². The molecule has 3 aromatic carbocycles. The summed E-state index contributed by atoms with van der Waals surface area (Å²) in [6.07, 6.45) is 4.07. The molecule has 2 heterocycles. The van der Waals surface area contributed by atoms with E-state index in [0.29, 0.717) is 33.6 Å². The van der Waals surface area contributed by atoms with Crippen molar-refractivity contribution in [2.75, 3.05) is 49.3 Å². The Morgan fingerprint density at radius 3 is 2.51 bits per heavy atom. The first-order chi connectivity index (χ1) is 20.9. The van der Waals surface area contributed by atoms with E-state index in [9.17, 15) is 9.59 Å². The van der Waals surface area contributed by atoms with Crippen molar-refractivity contribution in [1.82, 2.24) is 14.8 Å². The number of aryl methyl sites for hydroxylation is 1. The molecule has 1 aromatic heterocycles. The van der Waals surface area contributed by atoms with Crippen molar-refractivity contribution >= 4 is 33.8 Å². The van der Waals surface area contributed by atoms with Crippen molar-refractivity contribution in [2.24, 2.45) is 5.92 Å². The van der Waals surface area contributed by atoms with E-state index in [0.717, 1.165) is 73.5 Å². The molecule has 224 valence electrons. The van der Waals surface area contributed by atoms with E-state index in [1.165, 1.54) is 0 Å². The van der Waals surface area contributed by atoms with Crippen LogP contribution >= 0.6 is 0 Å². The molecule has 10 heteroatoms. The van der Waals surface area contributed by atoms with Gasteiger partial charge >= 0.3 is 0 Å². The van der Waals surface area contributed by atoms with Crippen molar-refractivity contribution in [1.29, 1.82) is 5.41 Å². The van der Waals surface area contributed by atoms with Crippen LogP contribution in [0.2, 0.25) is 0 Å². The SMILES string of the molecule is Cc1cc(NC(=O)C(=N)c2ccccc2NCC2CCN(CCCCO)CC2)ccc1-c1nn(N)c(=O)c2ccccc12. The first-order valence-electron chi connectivity index (χ1n) is 14.8. The average molecular weight is 582 g/mol. The second-order valence-corrected chi connectivity index (χ2v) is 11.1. The van der Waals surface area contributed by atoms with E-state index in [1.54, 1.807) is 24.3 Å². The molecule has 0 spiro atoms. The number of fused-ring (bicyclic) bond motifs is 1. The summed E-state index contributed by atoms with van der Waals surface area (Å²) in [6, 6.07) is 20.1. The number of aliphatic hydroxyl groups is 1. The molecule has 1 saturated heterocycles. The number of rotatable bonds is 11. The number of nitrogens with zero attached hydrogens (tertiary/aromatic N) is 3. The molecule has 4 aromatic rings. The fourth-order valence-electron chi connectivity index (χ4n) is 5.70. The van der Waals surface area contributed by atoms with Crippen LogP contribution < -0.4 is 22.0 Å². The molecule has 6 N–H and O–H groups in total. The van der Waals surface area contributed by atoms with Crippen LogP contribution in [0.3, 0.4) is 0 Å². The zero-order chi connectivity index (χ0) is 30.3. The monoisotopic (exact) mass is 581 g/mol. The summed E-state index contributed by atoms with van der Waals surface area (Å²) < 4.78 is 0. The van der Waals surface area contributed by atoms with E-state index in [-0.39, 0.29) is 17.9 Å². The Bertz CT molecular complexity index is 1680. The topological polar surface area (TPSA) is 149 Å². The van der Waals surface area contributed by atoms with Crippen LogP contribution in [0.4, 0.5) is 11.4 Å². The Morgan fingerprint density at radius 2 is 1.77 bits per heavy atom. The van der Waals surface area contributed by atoms with E-state index in [2.05, 4.69) is 20.6 Å². The molecular weight excluding hydrogens is 542 g/mol. The normalized spacial score (nSPS) is 14.1. The lowest BCUT2D eigenvalue weighted by molar-refractivity contribution is -0.110. The predicted molar refractivity (Wildman–Crippen MR) is 172 cm³/mol. The number of amides is 1. The molecule has 0 atom stereocenters. The van der Waals surface area contributed by atoms with Crippen molar-refractivity contribution in [3.8, 4) is 11.3 Å². The molecular formula is C33H39N7O3. The molecule has 0 bridgehead atoms. The molecule has 0 unspecified atom stereocenters. The van der Waals surface area contributed by atoms with Gasteiger partial charge in [0.15, 0.2) is 0 Å². The lowest BCUT2D eigenvalue weighted by atomic mass is 9.96. The van der Waals surface area contributed by atoms with Gasteiger partial charge in [-0.3, -0.25) is 15.0 Å². The largest absolute Gasteiger partial charge is 0.396 e. The highest BCUT2D eigenvalue weighted by molar-refractivity contribution is 6.48. The Hall–Kier alpha value is -4.54. The Kier molecular flexibility index (Phi) is 9.48. The van der Waals surface area contributed by atoms with Gasteiger partial charge in [0.2, 0.25) is 0 Å². The standard InChI is InChI=1S/C33H39N7O3/c1-22-20-24(12-13-25(22)31-26-8-2-3-9-27(26)33(43)40(35)38-31)37-32(42)30(34)28-10-4-5-11-29(28)36-21-23-14-17-39(18-15-23)16-6-7-19-41/h2-5,8-13,20,23,34,36,41H,6-7,14-19,21,35H2,1H3,(H,37,42). The van der Waals surface area contributed by atoms with Gasteiger partial charge in [0.1, 0.15) is 11.4 Å². The average Bonchev–Trinajstić information content (AvgIpc) is 3.02. The second kappa shape index (κ2) is 13.6. The van der Waals surface area contributed by atoms with Gasteiger partial charge in [-0.1, -0.05) is 42.5 Å². The highest BCUT2D eigenvalue weighted by Gasteiger charge is 2.21. The third kappa shape index (κ3) is 6.93. The first kappa shape index (κ1) is 29.9. The van der Waals surface area contributed by atoms with Gasteiger partial charge in [-0.25, -0.2) is 0 Å². The van der Waals surface area contributed by atoms with Gasteiger partial charge in [-0.2, -0.15) is 0 Å². The highest BCUT2D eigenvalue weighted by Crippen LogP contribution is 2.29. The summed E-state index contributed by atoms with van der Waals surface area (Å²) in [4.78, 5) is 28.9. The predicted octanol–water partition coefficient (Wildman–Crippen LogP) is 3.99. The lowest BCUT2D eigenvalue weighted by Gasteiger charge is -2.32. The maximum absolute atomic E-state index is 13.2. The Morgan fingerprint density at radius 1 is 1.05 bits per heavy atom. The molecule has 0 saturated carbocycles. The maximum atomic E-state index is 13.2. The molecule has 1 amide bonds. The number of likely N-dealkylation sites (tertiary alicyclic amines) is 1. The summed E-state index contributed by atoms with van der Waals surface area (Å²) in [5.41, 5.74) is 3.59. The minimum Gasteiger partial charge on any atom is -0.396 e. The number of benzene rings is 3. The summed E-state index contributed by atoms with van der Waals surface area (Å²) in [7, 11) is 0. The van der Waals surface area contributed by atoms with Crippen LogP contribution in [-0.4, -0.2) is 64.3 Å². The number of anilines is 2. The van der Waals surface area contributed by atoms with Gasteiger partial charge in [0.25, 0.3) is 11.5 Å². The van der Waals surface area contributed by atoms with Crippen LogP contribution in [0.25, 0.3) is 22.0 Å². The van der Waals surface area contributed by atoms with Crippen LogP contribution in [0.5, 0.6) is 0 Å². The molecule has 0 radical (unpaired) electrons. The zero-order valence-corrected chi connectivity index (χ0v) is 24.5. The van der Waals surface area contributed by atoms with Crippen LogP contribution in [0.1, 0.15) is 36.8 Å². The van der Waals surface area contributed by atoms with Crippen molar-refractivity contribution in [3.05, 3.63) is 88.2 Å². The number of nitrogen functional groups attached to an aromatic ring is 1. The van der Waals surface area contributed by atoms with Crippen molar-refractivity contribution < 1.29 is 9.90 Å². The third-order valence-corrected chi connectivity index (χ3v) is 8.16. The van der Waals surface area contributed by atoms with E-state index >= 15 is 0 Å². The van der Waals surface area contributed by atoms with Crippen LogP contribution in [0, 0.1) is 18.3 Å². The molecule has 1 fully saturated rings. The fraction of sp³-hybridized carbons (Fsp3) is 0.333. The van der Waals surface area contributed by atoms with Crippen molar-refractivity contribution in [3.63, 3.8) is 0 Å². The molecule has 43 heavy (non-hydrogen) atoms. The van der Waals surface area contributed by atoms with E-state index in [1.807, 2.05) is 49.4 Å². The molecule has 5 rings (SSSR count). The number of carbonyl (C=O) groups is 1. The number of nitrogens with one attached hydrogen (secondary N) is 3. The van der Waals surface area contributed by atoms with Crippen molar-refractivity contribution in [2.45, 2.75) is 32.6 Å². The molecule has 0 aliphatic carbocycles. The number of aliphatic hydroxyl groups excluding tert-OH is 1. The number of carbonyl (C=O) groups excluding carboxylic acids is 1. The van der Waals surface area contributed by atoms with Gasteiger partial charge < -0.3 is 26.5 Å². The van der Waals surface area contributed by atoms with E-state index in [4.69, 9.17) is 16.4 Å². The summed E-state index contributed by atoms with van der Waals surface area (Å²) in [5.74, 6) is 5.88. The summed E-state index contributed by atoms with van der Waals surface area (Å²) in [6.45, 7) is 6.08. The number of aromatic nitrogens is 2. The molecule has 1 aliphatic heterocycles. The first-order valence-corrected chi connectivity index (χ1v) is 14.8. The lowest BCUT2D eigenvalue weighted by Crippen LogP contribution is -2.36. The minimum atomic E-state index is -0.503. The number of unbranched alkanes of at least 4 members (excludes halogenated alkanes) is 1. The minimum absolute atomic E-state index is 0.119. The van der Waals surface area contributed by atoms with Gasteiger partial charge in [0.05, 0.1) is 5.39 Å². The highest BCUT2D eigenvalue weighted by atomic mass is 16.3. The van der Waals surface area contributed by atoms with Crippen LogP contribution in [-0.2, 0) is 4.79 Å². The number of hydrogen-bond donors (Lipinski definition) is 5. The van der Waals surface area contributed by atoms with E-state index < -0.39 is 5.91 Å². The Labute approximate surface area is 251 Å². The second-order valence-electron chi connectivity index (χ2n) is 11.1. The summed E-state index contributed by atoms with van der Waals surface area (Å²) >= 11 is 0. The van der Waals surface area contributed by atoms with Crippen LogP contribution in [0.15, 0.2) is 71.5 Å². The quantitative estimate of drug-likeness (QED) is 0.102. The number of piperidine rings is 1. The number of nitrogens with two attached hydrogens (primary N) is 1. The fourth-order valence-corrected chi connectivity index (χ4v) is 5.70. The number of hydrogen-bond acceptors (Lipinski definition) is 8. The molecule has 10 nitrogen and oxygen atoms in total. The summed E-state index contributed by atoms with van der Waals surface area (Å²) in [5, 5.41) is 29.5. The van der Waals surface area contributed by atoms with Gasteiger partial charge in [0, 0.05) is 41.0 Å². The third-order valence-electron chi connectivity index (χ3n) is 8.16. The molecule has 1 aliphatic rings. The zero-order valence-electron chi connectivity index (χ0n) is 24.5. The maximum Gasteiger partial charge on any atom is 0.293 e. The van der Waals surface area contributed by atoms with Gasteiger partial charge in [-0.05, 0) is 88.0 Å². The number of para-hydroxylation sites is 1.